The van der Waals surface area contributed by atoms with Gasteiger partial charge < -0.3 is 26.0 Å². The molecule has 0 aromatic rings. The van der Waals surface area contributed by atoms with Crippen LogP contribution < -0.4 is 16.4 Å². The lowest BCUT2D eigenvalue weighted by atomic mass is 10.1. The van der Waals surface area contributed by atoms with Gasteiger partial charge in [-0.3, -0.25) is 4.79 Å². The number of nitrogens with two attached hydrogens (primary N) is 1. The van der Waals surface area contributed by atoms with E-state index in [1.54, 1.807) is 0 Å². The maximum absolute atomic E-state index is 12.1. The van der Waals surface area contributed by atoms with E-state index in [9.17, 15) is 9.59 Å². The standard InChI is InChI=1S/C15H30N4O3/c1-15(2,3)22-14(21)18-7-5-4-6-12(16)13(20)19-10-8-17-9-11-19/h12,17H,4-11,16H2,1-3H3,(H,18,21)/t12-/m0/s1. The molecule has 0 saturated carbocycles. The number of nitrogens with zero attached hydrogens (tertiary/aromatic N) is 1. The van der Waals surface area contributed by atoms with Gasteiger partial charge in [-0.15, -0.1) is 0 Å². The first-order valence-corrected chi connectivity index (χ1v) is 8.01. The zero-order valence-electron chi connectivity index (χ0n) is 14.0. The fraction of sp³-hybridized carbons (Fsp3) is 0.867. The minimum atomic E-state index is -0.484. The number of hydrogen-bond donors (Lipinski definition) is 3. The molecule has 2 amide bonds. The van der Waals surface area contributed by atoms with Crippen LogP contribution in [0.2, 0.25) is 0 Å². The van der Waals surface area contributed by atoms with Crippen molar-refractivity contribution in [2.24, 2.45) is 5.73 Å². The molecule has 4 N–H and O–H groups in total. The molecule has 7 heteroatoms. The number of unbranched alkanes of at least 4 members (excludes halogenated alkanes) is 1. The van der Waals surface area contributed by atoms with Crippen LogP contribution in [-0.2, 0) is 9.53 Å². The van der Waals surface area contributed by atoms with Gasteiger partial charge in [0.2, 0.25) is 5.91 Å². The van der Waals surface area contributed by atoms with Crippen LogP contribution in [0.5, 0.6) is 0 Å². The third kappa shape index (κ3) is 7.61. The molecule has 128 valence electrons. The fourth-order valence-electron chi connectivity index (χ4n) is 2.24. The summed E-state index contributed by atoms with van der Waals surface area (Å²) in [6.07, 6.45) is 1.81. The Morgan fingerprint density at radius 2 is 1.91 bits per heavy atom. The summed E-state index contributed by atoms with van der Waals surface area (Å²) < 4.78 is 5.14. The van der Waals surface area contributed by atoms with E-state index < -0.39 is 17.7 Å². The largest absolute Gasteiger partial charge is 0.444 e. The second-order valence-corrected chi connectivity index (χ2v) is 6.61. The number of ether oxygens (including phenoxy) is 1. The van der Waals surface area contributed by atoms with Gasteiger partial charge in [-0.1, -0.05) is 0 Å². The molecule has 1 saturated heterocycles. The lowest BCUT2D eigenvalue weighted by Crippen LogP contribution is -2.51. The van der Waals surface area contributed by atoms with E-state index in [2.05, 4.69) is 10.6 Å². The van der Waals surface area contributed by atoms with E-state index in [1.165, 1.54) is 0 Å². The third-order valence-electron chi connectivity index (χ3n) is 3.36. The van der Waals surface area contributed by atoms with Crippen LogP contribution in [-0.4, -0.2) is 61.3 Å². The van der Waals surface area contributed by atoms with Gasteiger partial charge in [-0.05, 0) is 40.0 Å². The number of rotatable bonds is 6. The Labute approximate surface area is 132 Å². The maximum atomic E-state index is 12.1. The van der Waals surface area contributed by atoms with Crippen molar-refractivity contribution in [1.29, 1.82) is 0 Å². The minimum absolute atomic E-state index is 0.0293. The van der Waals surface area contributed by atoms with Gasteiger partial charge in [0, 0.05) is 32.7 Å². The Kier molecular flexibility index (Phi) is 7.61. The summed E-state index contributed by atoms with van der Waals surface area (Å²) in [6.45, 7) is 9.13. The predicted octanol–water partition coefficient (Wildman–Crippen LogP) is 0.441. The minimum Gasteiger partial charge on any atom is -0.444 e. The fourth-order valence-corrected chi connectivity index (χ4v) is 2.24. The van der Waals surface area contributed by atoms with Crippen LogP contribution in [0.3, 0.4) is 0 Å². The van der Waals surface area contributed by atoms with Crippen molar-refractivity contribution in [3.05, 3.63) is 0 Å². The second-order valence-electron chi connectivity index (χ2n) is 6.61. The second kappa shape index (κ2) is 8.95. The molecular weight excluding hydrogens is 284 g/mol. The lowest BCUT2D eigenvalue weighted by molar-refractivity contribution is -0.133. The molecule has 0 bridgehead atoms. The molecule has 0 aromatic heterocycles. The molecular formula is C15H30N4O3. The van der Waals surface area contributed by atoms with Crippen LogP contribution in [0.25, 0.3) is 0 Å². The van der Waals surface area contributed by atoms with Crippen molar-refractivity contribution < 1.29 is 14.3 Å². The molecule has 0 aromatic carbocycles. The maximum Gasteiger partial charge on any atom is 0.407 e. The lowest BCUT2D eigenvalue weighted by Gasteiger charge is -2.29. The average Bonchev–Trinajstić information content (AvgIpc) is 2.45. The summed E-state index contributed by atoms with van der Waals surface area (Å²) in [5.74, 6) is 0.0293. The topological polar surface area (TPSA) is 96.7 Å². The normalized spacial score (nSPS) is 17.0. The summed E-state index contributed by atoms with van der Waals surface area (Å²) in [7, 11) is 0. The molecule has 1 heterocycles. The monoisotopic (exact) mass is 314 g/mol. The van der Waals surface area contributed by atoms with Gasteiger partial charge in [-0.25, -0.2) is 4.79 Å². The number of carbonyl (C=O) groups is 2. The molecule has 1 atom stereocenters. The number of piperazine rings is 1. The molecule has 0 radical (unpaired) electrons. The van der Waals surface area contributed by atoms with E-state index in [0.29, 0.717) is 13.0 Å². The number of amides is 2. The number of carbonyl (C=O) groups excluding carboxylic acids is 2. The van der Waals surface area contributed by atoms with E-state index in [1.807, 2.05) is 25.7 Å². The number of hydrogen-bond acceptors (Lipinski definition) is 5. The van der Waals surface area contributed by atoms with Crippen LogP contribution in [0.1, 0.15) is 40.0 Å². The summed E-state index contributed by atoms with van der Waals surface area (Å²) in [5.41, 5.74) is 5.47. The van der Waals surface area contributed by atoms with Gasteiger partial charge in [-0.2, -0.15) is 0 Å². The summed E-state index contributed by atoms with van der Waals surface area (Å²) >= 11 is 0. The van der Waals surface area contributed by atoms with Gasteiger partial charge in [0.25, 0.3) is 0 Å². The van der Waals surface area contributed by atoms with Crippen LogP contribution in [0, 0.1) is 0 Å². The zero-order valence-corrected chi connectivity index (χ0v) is 14.0. The Bertz CT molecular complexity index is 362. The van der Waals surface area contributed by atoms with Crippen LogP contribution >= 0.6 is 0 Å². The molecule has 1 aliphatic rings. The average molecular weight is 314 g/mol. The highest BCUT2D eigenvalue weighted by molar-refractivity contribution is 5.81. The number of nitrogens with one attached hydrogen (secondary N) is 2. The highest BCUT2D eigenvalue weighted by Gasteiger charge is 2.22. The highest BCUT2D eigenvalue weighted by atomic mass is 16.6. The smallest absolute Gasteiger partial charge is 0.407 e. The van der Waals surface area contributed by atoms with Crippen LogP contribution in [0.15, 0.2) is 0 Å². The van der Waals surface area contributed by atoms with E-state index in [0.717, 1.165) is 39.0 Å². The molecule has 1 fully saturated rings. The third-order valence-corrected chi connectivity index (χ3v) is 3.36. The molecule has 1 rings (SSSR count). The van der Waals surface area contributed by atoms with Crippen molar-refractivity contribution in [3.63, 3.8) is 0 Å². The van der Waals surface area contributed by atoms with Gasteiger partial charge in [0.15, 0.2) is 0 Å². The van der Waals surface area contributed by atoms with Crippen molar-refractivity contribution >= 4 is 12.0 Å². The first-order chi connectivity index (χ1) is 10.3. The Hall–Kier alpha value is -1.34. The SMILES string of the molecule is CC(C)(C)OC(=O)NCCCC[C@H](N)C(=O)N1CCNCC1. The Morgan fingerprint density at radius 3 is 2.50 bits per heavy atom. The summed E-state index contributed by atoms with van der Waals surface area (Å²) in [5, 5.41) is 5.91. The van der Waals surface area contributed by atoms with Gasteiger partial charge in [0.05, 0.1) is 6.04 Å². The molecule has 0 spiro atoms. The van der Waals surface area contributed by atoms with Crippen molar-refractivity contribution in [2.75, 3.05) is 32.7 Å². The van der Waals surface area contributed by atoms with Crippen molar-refractivity contribution in [1.82, 2.24) is 15.5 Å². The van der Waals surface area contributed by atoms with E-state index in [4.69, 9.17) is 10.5 Å². The predicted molar refractivity (Wildman–Crippen MR) is 85.5 cm³/mol. The van der Waals surface area contributed by atoms with E-state index in [-0.39, 0.29) is 5.91 Å². The zero-order chi connectivity index (χ0) is 16.6. The van der Waals surface area contributed by atoms with Crippen molar-refractivity contribution in [2.45, 2.75) is 51.7 Å². The van der Waals surface area contributed by atoms with Crippen LogP contribution in [0.4, 0.5) is 4.79 Å². The van der Waals surface area contributed by atoms with Gasteiger partial charge >= 0.3 is 6.09 Å². The van der Waals surface area contributed by atoms with E-state index >= 15 is 0 Å². The molecule has 22 heavy (non-hydrogen) atoms. The summed E-state index contributed by atoms with van der Waals surface area (Å²) in [6, 6.07) is -0.445. The highest BCUT2D eigenvalue weighted by Crippen LogP contribution is 2.07. The first kappa shape index (κ1) is 18.7. The Morgan fingerprint density at radius 1 is 1.27 bits per heavy atom. The Balaban J connectivity index is 2.10. The molecule has 1 aliphatic heterocycles. The number of alkyl carbamates (subject to hydrolysis) is 1. The quantitative estimate of drug-likeness (QED) is 0.618. The first-order valence-electron chi connectivity index (χ1n) is 8.01. The molecule has 7 nitrogen and oxygen atoms in total. The molecule has 0 aliphatic carbocycles. The summed E-state index contributed by atoms with van der Waals surface area (Å²) in [4.78, 5) is 25.4. The van der Waals surface area contributed by atoms with Gasteiger partial charge in [0.1, 0.15) is 5.60 Å². The van der Waals surface area contributed by atoms with Crippen molar-refractivity contribution in [3.8, 4) is 0 Å². The molecule has 0 unspecified atom stereocenters.